The van der Waals surface area contributed by atoms with Crippen LogP contribution in [-0.4, -0.2) is 24.3 Å². The molecule has 0 unspecified atom stereocenters. The molecule has 0 aliphatic rings. The van der Waals surface area contributed by atoms with Crippen LogP contribution in [0.5, 0.6) is 0 Å². The number of pyridine rings is 1. The zero-order valence-corrected chi connectivity index (χ0v) is 12.4. The molecule has 0 bridgehead atoms. The number of aryl methyl sites for hydroxylation is 3. The lowest BCUT2D eigenvalue weighted by atomic mass is 10.2. The van der Waals surface area contributed by atoms with Crippen LogP contribution in [0.3, 0.4) is 0 Å². The van der Waals surface area contributed by atoms with Crippen LogP contribution >= 0.6 is 23.2 Å². The Labute approximate surface area is 126 Å². The first kappa shape index (κ1) is 13.4. The number of alkyl halides is 1. The van der Waals surface area contributed by atoms with Crippen molar-refractivity contribution in [1.82, 2.24) is 24.3 Å². The summed E-state index contributed by atoms with van der Waals surface area (Å²) in [7, 11) is 1.91. The predicted octanol–water partition coefficient (Wildman–Crippen LogP) is 2.80. The van der Waals surface area contributed by atoms with Gasteiger partial charge < -0.3 is 4.57 Å². The third kappa shape index (κ3) is 2.51. The van der Waals surface area contributed by atoms with Gasteiger partial charge in [-0.3, -0.25) is 4.68 Å². The summed E-state index contributed by atoms with van der Waals surface area (Å²) >= 11 is 11.9. The number of halogens is 2. The van der Waals surface area contributed by atoms with Crippen molar-refractivity contribution in [1.29, 1.82) is 0 Å². The van der Waals surface area contributed by atoms with Gasteiger partial charge in [0.05, 0.1) is 17.1 Å². The van der Waals surface area contributed by atoms with Crippen LogP contribution in [0.15, 0.2) is 24.7 Å². The molecule has 0 fully saturated rings. The summed E-state index contributed by atoms with van der Waals surface area (Å²) in [6.07, 6.45) is 6.35. The normalized spacial score (nSPS) is 11.3. The highest BCUT2D eigenvalue weighted by Crippen LogP contribution is 2.19. The molecule has 0 aliphatic heterocycles. The molecule has 0 amide bonds. The van der Waals surface area contributed by atoms with E-state index < -0.39 is 0 Å². The van der Waals surface area contributed by atoms with Crippen molar-refractivity contribution < 1.29 is 0 Å². The molecule has 3 aromatic rings. The smallest absolute Gasteiger partial charge is 0.160 e. The highest BCUT2D eigenvalue weighted by molar-refractivity contribution is 6.31. The van der Waals surface area contributed by atoms with E-state index in [1.54, 1.807) is 16.9 Å². The fourth-order valence-electron chi connectivity index (χ4n) is 2.21. The lowest BCUT2D eigenvalue weighted by Crippen LogP contribution is -2.05. The average molecular weight is 310 g/mol. The largest absolute Gasteiger partial charge is 0.311 e. The van der Waals surface area contributed by atoms with E-state index in [4.69, 9.17) is 23.2 Å². The SMILES string of the molecule is Cn1cc(CCn2c(CCl)nc3cc(Cl)cnc32)cn1. The monoisotopic (exact) mass is 309 g/mol. The van der Waals surface area contributed by atoms with Crippen LogP contribution in [0.2, 0.25) is 5.02 Å². The highest BCUT2D eigenvalue weighted by atomic mass is 35.5. The van der Waals surface area contributed by atoms with Gasteiger partial charge in [0.2, 0.25) is 0 Å². The molecule has 0 spiro atoms. The summed E-state index contributed by atoms with van der Waals surface area (Å²) in [4.78, 5) is 8.83. The van der Waals surface area contributed by atoms with Gasteiger partial charge in [0, 0.05) is 26.0 Å². The zero-order valence-electron chi connectivity index (χ0n) is 10.9. The van der Waals surface area contributed by atoms with Crippen molar-refractivity contribution in [2.24, 2.45) is 7.05 Å². The van der Waals surface area contributed by atoms with Crippen LogP contribution in [0.4, 0.5) is 0 Å². The second-order valence-electron chi connectivity index (χ2n) is 4.58. The van der Waals surface area contributed by atoms with Gasteiger partial charge in [0.15, 0.2) is 5.65 Å². The molecule has 0 aliphatic carbocycles. The van der Waals surface area contributed by atoms with Crippen molar-refractivity contribution in [3.63, 3.8) is 0 Å². The number of hydrogen-bond acceptors (Lipinski definition) is 3. The number of aromatic nitrogens is 5. The topological polar surface area (TPSA) is 48.5 Å². The average Bonchev–Trinajstić information content (AvgIpc) is 2.99. The van der Waals surface area contributed by atoms with Crippen LogP contribution in [-0.2, 0) is 25.9 Å². The standard InChI is InChI=1S/C13H13Cl2N5/c1-19-8-9(6-17-19)2-3-20-12(5-14)18-11-4-10(15)7-16-13(11)20/h4,6-8H,2-3,5H2,1H3. The van der Waals surface area contributed by atoms with Gasteiger partial charge in [0.1, 0.15) is 11.3 Å². The summed E-state index contributed by atoms with van der Waals surface area (Å²) in [5.74, 6) is 1.15. The van der Waals surface area contributed by atoms with Gasteiger partial charge in [-0.15, -0.1) is 11.6 Å². The molecule has 3 heterocycles. The summed E-state index contributed by atoms with van der Waals surface area (Å²) in [5.41, 5.74) is 2.76. The summed E-state index contributed by atoms with van der Waals surface area (Å²) in [6.45, 7) is 0.763. The highest BCUT2D eigenvalue weighted by Gasteiger charge is 2.11. The fourth-order valence-corrected chi connectivity index (χ4v) is 2.57. The van der Waals surface area contributed by atoms with E-state index in [0.29, 0.717) is 10.9 Å². The minimum atomic E-state index is 0.348. The van der Waals surface area contributed by atoms with Crippen LogP contribution < -0.4 is 0 Å². The van der Waals surface area contributed by atoms with Crippen molar-refractivity contribution in [3.8, 4) is 0 Å². The van der Waals surface area contributed by atoms with Crippen molar-refractivity contribution >= 4 is 34.4 Å². The molecule has 0 saturated carbocycles. The molecule has 0 saturated heterocycles. The van der Waals surface area contributed by atoms with Gasteiger partial charge in [-0.05, 0) is 18.1 Å². The van der Waals surface area contributed by atoms with E-state index >= 15 is 0 Å². The number of fused-ring (bicyclic) bond motifs is 1. The first-order valence-electron chi connectivity index (χ1n) is 6.21. The van der Waals surface area contributed by atoms with Gasteiger partial charge in [-0.1, -0.05) is 11.6 Å². The molecule has 5 nitrogen and oxygen atoms in total. The molecule has 7 heteroatoms. The fraction of sp³-hybridized carbons (Fsp3) is 0.308. The molecule has 104 valence electrons. The summed E-state index contributed by atoms with van der Waals surface area (Å²) < 4.78 is 3.83. The van der Waals surface area contributed by atoms with Gasteiger partial charge in [0.25, 0.3) is 0 Å². The van der Waals surface area contributed by atoms with Crippen molar-refractivity contribution in [2.75, 3.05) is 0 Å². The van der Waals surface area contributed by atoms with E-state index in [0.717, 1.165) is 30.0 Å². The van der Waals surface area contributed by atoms with Gasteiger partial charge >= 0.3 is 0 Å². The second kappa shape index (κ2) is 5.42. The predicted molar refractivity (Wildman–Crippen MR) is 79.0 cm³/mol. The Bertz CT molecular complexity index is 746. The second-order valence-corrected chi connectivity index (χ2v) is 5.29. The Kier molecular flexibility index (Phi) is 3.63. The minimum Gasteiger partial charge on any atom is -0.311 e. The van der Waals surface area contributed by atoms with Crippen molar-refractivity contribution in [2.45, 2.75) is 18.8 Å². The maximum Gasteiger partial charge on any atom is 0.160 e. The third-order valence-electron chi connectivity index (χ3n) is 3.13. The third-order valence-corrected chi connectivity index (χ3v) is 3.58. The molecular weight excluding hydrogens is 297 g/mol. The Morgan fingerprint density at radius 1 is 1.30 bits per heavy atom. The van der Waals surface area contributed by atoms with E-state index in [1.165, 1.54) is 5.56 Å². The van der Waals surface area contributed by atoms with E-state index in [2.05, 4.69) is 15.1 Å². The Hall–Kier alpha value is -1.59. The number of nitrogens with zero attached hydrogens (tertiary/aromatic N) is 5. The molecule has 0 aromatic carbocycles. The first-order chi connectivity index (χ1) is 9.67. The minimum absolute atomic E-state index is 0.348. The maximum absolute atomic E-state index is 5.97. The Morgan fingerprint density at radius 3 is 2.85 bits per heavy atom. The van der Waals surface area contributed by atoms with Gasteiger partial charge in [-0.2, -0.15) is 5.10 Å². The summed E-state index contributed by atoms with van der Waals surface area (Å²) in [6, 6.07) is 1.81. The quantitative estimate of drug-likeness (QED) is 0.696. The zero-order chi connectivity index (χ0) is 14.1. The molecule has 0 atom stereocenters. The van der Waals surface area contributed by atoms with Gasteiger partial charge in [-0.25, -0.2) is 9.97 Å². The first-order valence-corrected chi connectivity index (χ1v) is 7.13. The Balaban J connectivity index is 1.93. The maximum atomic E-state index is 5.97. The molecule has 0 N–H and O–H groups in total. The van der Waals surface area contributed by atoms with E-state index in [9.17, 15) is 0 Å². The van der Waals surface area contributed by atoms with Crippen LogP contribution in [0.1, 0.15) is 11.4 Å². The van der Waals surface area contributed by atoms with E-state index in [-0.39, 0.29) is 0 Å². The summed E-state index contributed by atoms with van der Waals surface area (Å²) in [5, 5.41) is 4.74. The van der Waals surface area contributed by atoms with Crippen molar-refractivity contribution in [3.05, 3.63) is 41.1 Å². The van der Waals surface area contributed by atoms with Crippen LogP contribution in [0, 0.1) is 0 Å². The molecule has 3 aromatic heterocycles. The molecule has 3 rings (SSSR count). The van der Waals surface area contributed by atoms with E-state index in [1.807, 2.05) is 24.0 Å². The number of imidazole rings is 1. The molecular formula is C13H13Cl2N5. The Morgan fingerprint density at radius 2 is 2.15 bits per heavy atom. The number of hydrogen-bond donors (Lipinski definition) is 0. The molecule has 0 radical (unpaired) electrons. The van der Waals surface area contributed by atoms with Crippen LogP contribution in [0.25, 0.3) is 11.2 Å². The molecule has 20 heavy (non-hydrogen) atoms. The number of rotatable bonds is 4. The lowest BCUT2D eigenvalue weighted by molar-refractivity contribution is 0.681. The lowest BCUT2D eigenvalue weighted by Gasteiger charge is -2.05.